The van der Waals surface area contributed by atoms with Gasteiger partial charge in [-0.15, -0.1) is 0 Å². The molecule has 2 rings (SSSR count). The van der Waals surface area contributed by atoms with E-state index >= 15 is 0 Å². The molecule has 1 saturated heterocycles. The summed E-state index contributed by atoms with van der Waals surface area (Å²) in [5.74, 6) is 0.164. The van der Waals surface area contributed by atoms with Crippen molar-refractivity contribution in [3.8, 4) is 5.75 Å². The van der Waals surface area contributed by atoms with Gasteiger partial charge >= 0.3 is 5.97 Å². The Morgan fingerprint density at radius 1 is 1.19 bits per heavy atom. The Kier molecular flexibility index (Phi) is 6.54. The molecule has 0 amide bonds. The van der Waals surface area contributed by atoms with Crippen LogP contribution in [0.25, 0.3) is 0 Å². The van der Waals surface area contributed by atoms with Crippen LogP contribution in [-0.4, -0.2) is 47.0 Å². The predicted octanol–water partition coefficient (Wildman–Crippen LogP) is 3.92. The van der Waals surface area contributed by atoms with Crippen LogP contribution in [0.3, 0.4) is 0 Å². The lowest BCUT2D eigenvalue weighted by atomic mass is 9.85. The van der Waals surface area contributed by atoms with Gasteiger partial charge in [0.15, 0.2) is 20.2 Å². The molecule has 0 bridgehead atoms. The van der Waals surface area contributed by atoms with Gasteiger partial charge in [-0.2, -0.15) is 0 Å². The Balaban J connectivity index is 2.43. The molecule has 1 aromatic rings. The molecule has 152 valence electrons. The van der Waals surface area contributed by atoms with Crippen LogP contribution >= 0.6 is 0 Å². The minimum atomic E-state index is -1.96. The lowest BCUT2D eigenvalue weighted by Gasteiger charge is -2.54. The molecular formula is C20H32O6Si. The van der Waals surface area contributed by atoms with Gasteiger partial charge in [0.2, 0.25) is 0 Å². The van der Waals surface area contributed by atoms with Gasteiger partial charge in [-0.05, 0) is 46.5 Å². The Hall–Kier alpha value is -1.25. The smallest absolute Gasteiger partial charge is 0.316 e. The number of ether oxygens (including phenoxy) is 4. The lowest BCUT2D eigenvalue weighted by Crippen LogP contribution is -2.66. The highest BCUT2D eigenvalue weighted by Crippen LogP contribution is 2.49. The van der Waals surface area contributed by atoms with Gasteiger partial charge in [-0.3, -0.25) is 4.79 Å². The molecule has 2 atom stereocenters. The molecule has 0 spiro atoms. The summed E-state index contributed by atoms with van der Waals surface area (Å²) < 4.78 is 29.3. The first kappa shape index (κ1) is 22.0. The predicted molar refractivity (Wildman–Crippen MR) is 105 cm³/mol. The summed E-state index contributed by atoms with van der Waals surface area (Å²) in [7, 11) is 1.22. The highest BCUT2D eigenvalue weighted by molar-refractivity contribution is 6.69. The number of carbonyl (C=O) groups is 1. The van der Waals surface area contributed by atoms with E-state index in [4.69, 9.17) is 23.4 Å². The van der Waals surface area contributed by atoms with E-state index in [9.17, 15) is 4.79 Å². The molecule has 27 heavy (non-hydrogen) atoms. The average molecular weight is 397 g/mol. The molecular weight excluding hydrogens is 364 g/mol. The van der Waals surface area contributed by atoms with Crippen LogP contribution < -0.4 is 4.74 Å². The van der Waals surface area contributed by atoms with Crippen molar-refractivity contribution in [2.45, 2.75) is 58.4 Å². The third-order valence-electron chi connectivity index (χ3n) is 4.26. The summed E-state index contributed by atoms with van der Waals surface area (Å²) in [5, 5.41) is 0. The number of para-hydroxylation sites is 1. The number of methoxy groups -OCH3 is 2. The summed E-state index contributed by atoms with van der Waals surface area (Å²) >= 11 is 0. The van der Waals surface area contributed by atoms with Crippen molar-refractivity contribution in [3.63, 3.8) is 0 Å². The maximum Gasteiger partial charge on any atom is 0.316 e. The minimum Gasteiger partial charge on any atom is -0.426 e. The van der Waals surface area contributed by atoms with Crippen molar-refractivity contribution in [1.82, 2.24) is 0 Å². The van der Waals surface area contributed by atoms with Crippen LogP contribution in [0.4, 0.5) is 0 Å². The van der Waals surface area contributed by atoms with Crippen molar-refractivity contribution in [2.24, 2.45) is 5.41 Å². The molecule has 1 aliphatic heterocycles. The van der Waals surface area contributed by atoms with E-state index in [1.807, 2.05) is 39.0 Å². The molecule has 0 saturated carbocycles. The van der Waals surface area contributed by atoms with Crippen molar-refractivity contribution < 1.29 is 28.2 Å². The zero-order chi connectivity index (χ0) is 20.5. The van der Waals surface area contributed by atoms with Gasteiger partial charge in [0, 0.05) is 19.8 Å². The van der Waals surface area contributed by atoms with Crippen LogP contribution in [-0.2, 0) is 23.4 Å². The van der Waals surface area contributed by atoms with Crippen LogP contribution in [0, 0.1) is 5.41 Å². The van der Waals surface area contributed by atoms with Gasteiger partial charge in [0.1, 0.15) is 11.9 Å². The van der Waals surface area contributed by atoms with Crippen LogP contribution in [0.5, 0.6) is 5.75 Å². The van der Waals surface area contributed by atoms with Gasteiger partial charge in [-0.25, -0.2) is 0 Å². The molecule has 1 aromatic carbocycles. The van der Waals surface area contributed by atoms with Crippen molar-refractivity contribution in [3.05, 3.63) is 29.8 Å². The molecule has 1 heterocycles. The molecule has 7 heteroatoms. The minimum absolute atomic E-state index is 0.305. The van der Waals surface area contributed by atoms with Gasteiger partial charge in [0.25, 0.3) is 0 Å². The van der Waals surface area contributed by atoms with Gasteiger partial charge in [-0.1, -0.05) is 18.2 Å². The average Bonchev–Trinajstić information content (AvgIpc) is 2.53. The van der Waals surface area contributed by atoms with Gasteiger partial charge < -0.3 is 23.4 Å². The second-order valence-corrected chi connectivity index (χ2v) is 13.3. The number of rotatable bonds is 7. The van der Waals surface area contributed by atoms with E-state index in [0.717, 1.165) is 5.56 Å². The number of carbonyl (C=O) groups excluding carboxylic acids is 1. The lowest BCUT2D eigenvalue weighted by molar-refractivity contribution is -0.326. The number of esters is 1. The number of hydrogen-bond donors (Lipinski definition) is 0. The highest BCUT2D eigenvalue weighted by Gasteiger charge is 2.59. The summed E-state index contributed by atoms with van der Waals surface area (Å²) in [6.07, 6.45) is -1.06. The fraction of sp³-hybridized carbons (Fsp3) is 0.650. The van der Waals surface area contributed by atoms with E-state index in [-0.39, 0.29) is 5.97 Å². The normalized spacial score (nSPS) is 23.2. The second kappa shape index (κ2) is 8.01. The Morgan fingerprint density at radius 2 is 1.78 bits per heavy atom. The topological polar surface area (TPSA) is 63.2 Å². The standard InChI is InChI=1S/C20H32O6Si/c1-19(2,3)17(21)25-15-12-10-9-11-14(15)16-20(13-24-16,18(22-4)23-5)26-27(6,7)8/h9-12,16,18H,13H2,1-8H3/t16-,20-/m1/s1. The van der Waals surface area contributed by atoms with E-state index < -0.39 is 31.7 Å². The molecule has 0 N–H and O–H groups in total. The van der Waals surface area contributed by atoms with E-state index in [1.165, 1.54) is 0 Å². The van der Waals surface area contributed by atoms with Crippen LogP contribution in [0.2, 0.25) is 19.6 Å². The Bertz CT molecular complexity index is 659. The zero-order valence-corrected chi connectivity index (χ0v) is 18.6. The molecule has 0 aromatic heterocycles. The summed E-state index contributed by atoms with van der Waals surface area (Å²) in [6, 6.07) is 7.38. The van der Waals surface area contributed by atoms with Crippen LogP contribution in [0.1, 0.15) is 32.4 Å². The second-order valence-electron chi connectivity index (χ2n) is 8.84. The molecule has 0 radical (unpaired) electrons. The SMILES string of the molecule is COC(OC)[C@@]1(O[Si](C)(C)C)CO[C@@H]1c1ccccc1OC(=O)C(C)(C)C. The third kappa shape index (κ3) is 4.78. The first-order valence-electron chi connectivity index (χ1n) is 9.13. The maximum absolute atomic E-state index is 12.4. The van der Waals surface area contributed by atoms with E-state index in [1.54, 1.807) is 20.3 Å². The van der Waals surface area contributed by atoms with E-state index in [2.05, 4.69) is 19.6 Å². The van der Waals surface area contributed by atoms with Crippen molar-refractivity contribution in [2.75, 3.05) is 20.8 Å². The number of hydrogen-bond acceptors (Lipinski definition) is 6. The fourth-order valence-corrected chi connectivity index (χ4v) is 4.52. The molecule has 6 nitrogen and oxygen atoms in total. The molecule has 1 fully saturated rings. The van der Waals surface area contributed by atoms with Crippen LogP contribution in [0.15, 0.2) is 24.3 Å². The van der Waals surface area contributed by atoms with Crippen molar-refractivity contribution in [1.29, 1.82) is 0 Å². The van der Waals surface area contributed by atoms with E-state index in [0.29, 0.717) is 12.4 Å². The summed E-state index contributed by atoms with van der Waals surface area (Å²) in [5.41, 5.74) is -0.655. The third-order valence-corrected chi connectivity index (χ3v) is 5.25. The Morgan fingerprint density at radius 3 is 2.22 bits per heavy atom. The fourth-order valence-electron chi connectivity index (χ4n) is 3.11. The first-order chi connectivity index (χ1) is 12.4. The molecule has 0 unspecified atom stereocenters. The molecule has 0 aliphatic carbocycles. The quantitative estimate of drug-likeness (QED) is 0.301. The highest BCUT2D eigenvalue weighted by atomic mass is 28.4. The van der Waals surface area contributed by atoms with Gasteiger partial charge in [0.05, 0.1) is 12.0 Å². The first-order valence-corrected chi connectivity index (χ1v) is 12.5. The summed E-state index contributed by atoms with van der Waals surface area (Å²) in [4.78, 5) is 12.4. The summed E-state index contributed by atoms with van der Waals surface area (Å²) in [6.45, 7) is 12.1. The zero-order valence-electron chi connectivity index (χ0n) is 17.6. The maximum atomic E-state index is 12.4. The Labute approximate surface area is 163 Å². The number of benzene rings is 1. The van der Waals surface area contributed by atoms with Crippen molar-refractivity contribution >= 4 is 14.3 Å². The molecule has 1 aliphatic rings. The monoisotopic (exact) mass is 396 g/mol. The largest absolute Gasteiger partial charge is 0.426 e.